The number of likely N-dealkylation sites (N-methyl/N-ethyl adjacent to an activating group) is 1. The van der Waals surface area contributed by atoms with E-state index in [2.05, 4.69) is 5.32 Å². The predicted octanol–water partition coefficient (Wildman–Crippen LogP) is 2.19. The summed E-state index contributed by atoms with van der Waals surface area (Å²) in [5.41, 5.74) is -0.412. The van der Waals surface area contributed by atoms with E-state index in [-0.39, 0.29) is 5.91 Å². The van der Waals surface area contributed by atoms with Crippen LogP contribution in [0.5, 0.6) is 5.75 Å². The third-order valence-electron chi connectivity index (χ3n) is 4.27. The van der Waals surface area contributed by atoms with Crippen molar-refractivity contribution in [2.45, 2.75) is 12.8 Å². The Morgan fingerprint density at radius 3 is 2.78 bits per heavy atom. The lowest BCUT2D eigenvalue weighted by atomic mass is 9.78. The Hall–Kier alpha value is -1.30. The lowest BCUT2D eigenvalue weighted by Crippen LogP contribution is -2.51. The quantitative estimate of drug-likeness (QED) is 0.826. The summed E-state index contributed by atoms with van der Waals surface area (Å²) >= 11 is 5.93. The van der Waals surface area contributed by atoms with Crippen molar-refractivity contribution in [1.82, 2.24) is 10.2 Å². The zero-order valence-electron chi connectivity index (χ0n) is 13.8. The molecule has 0 aromatic heterocycles. The Morgan fingerprint density at radius 2 is 2.13 bits per heavy atom. The molecule has 0 aliphatic carbocycles. The number of ether oxygens (including phenoxy) is 2. The molecular formula is C17H25ClN2O3. The third kappa shape index (κ3) is 4.83. The molecule has 0 saturated carbocycles. The largest absolute Gasteiger partial charge is 0.492 e. The second-order valence-electron chi connectivity index (χ2n) is 6.00. The summed E-state index contributed by atoms with van der Waals surface area (Å²) in [7, 11) is 3.47. The molecule has 0 bridgehead atoms. The van der Waals surface area contributed by atoms with Crippen LogP contribution in [-0.4, -0.2) is 57.8 Å². The molecule has 0 atom stereocenters. The highest BCUT2D eigenvalue weighted by Crippen LogP contribution is 2.31. The van der Waals surface area contributed by atoms with Gasteiger partial charge in [-0.25, -0.2) is 0 Å². The highest BCUT2D eigenvalue weighted by molar-refractivity contribution is 6.30. The van der Waals surface area contributed by atoms with Crippen molar-refractivity contribution < 1.29 is 14.3 Å². The number of halogens is 1. The molecule has 6 heteroatoms. The normalized spacial score (nSPS) is 16.8. The third-order valence-corrected chi connectivity index (χ3v) is 4.51. The van der Waals surface area contributed by atoms with Crippen molar-refractivity contribution in [2.75, 3.05) is 47.0 Å². The van der Waals surface area contributed by atoms with Gasteiger partial charge in [0.25, 0.3) is 0 Å². The van der Waals surface area contributed by atoms with E-state index in [1.165, 1.54) is 0 Å². The number of piperidine rings is 1. The lowest BCUT2D eigenvalue weighted by Gasteiger charge is -2.38. The lowest BCUT2D eigenvalue weighted by molar-refractivity contribution is -0.146. The molecule has 5 nitrogen and oxygen atoms in total. The van der Waals surface area contributed by atoms with Crippen molar-refractivity contribution >= 4 is 17.5 Å². The van der Waals surface area contributed by atoms with Gasteiger partial charge in [-0.3, -0.25) is 4.79 Å². The summed E-state index contributed by atoms with van der Waals surface area (Å²) in [6, 6.07) is 7.26. The van der Waals surface area contributed by atoms with Gasteiger partial charge in [-0.1, -0.05) is 17.7 Å². The molecule has 1 aliphatic heterocycles. The number of methoxy groups -OCH3 is 1. The van der Waals surface area contributed by atoms with Crippen molar-refractivity contribution in [1.29, 1.82) is 0 Å². The Labute approximate surface area is 142 Å². The summed E-state index contributed by atoms with van der Waals surface area (Å²) in [6.45, 7) is 3.13. The number of amides is 1. The Bertz CT molecular complexity index is 513. The minimum atomic E-state index is -0.412. The van der Waals surface area contributed by atoms with E-state index in [1.54, 1.807) is 24.1 Å². The van der Waals surface area contributed by atoms with E-state index >= 15 is 0 Å². The Kier molecular flexibility index (Phi) is 6.69. The van der Waals surface area contributed by atoms with Crippen molar-refractivity contribution in [3.8, 4) is 5.75 Å². The molecular weight excluding hydrogens is 316 g/mol. The maximum atomic E-state index is 12.8. The topological polar surface area (TPSA) is 50.8 Å². The molecule has 1 saturated heterocycles. The fraction of sp³-hybridized carbons (Fsp3) is 0.588. The van der Waals surface area contributed by atoms with E-state index in [1.807, 2.05) is 19.2 Å². The predicted molar refractivity (Wildman–Crippen MR) is 91.0 cm³/mol. The maximum Gasteiger partial charge on any atom is 0.231 e. The number of nitrogens with one attached hydrogen (secondary N) is 1. The molecule has 1 aromatic carbocycles. The van der Waals surface area contributed by atoms with E-state index in [4.69, 9.17) is 21.1 Å². The molecule has 0 unspecified atom stereocenters. The Balaban J connectivity index is 1.88. The average Bonchev–Trinajstić information content (AvgIpc) is 2.55. The summed E-state index contributed by atoms with van der Waals surface area (Å²) < 4.78 is 11.0. The first kappa shape index (κ1) is 18.0. The van der Waals surface area contributed by atoms with E-state index < -0.39 is 5.41 Å². The first-order chi connectivity index (χ1) is 11.1. The van der Waals surface area contributed by atoms with Crippen LogP contribution in [0, 0.1) is 5.41 Å². The van der Waals surface area contributed by atoms with Crippen molar-refractivity contribution in [2.24, 2.45) is 5.41 Å². The molecule has 2 rings (SSSR count). The number of hydrogen-bond donors (Lipinski definition) is 1. The smallest absolute Gasteiger partial charge is 0.231 e. The van der Waals surface area contributed by atoms with Gasteiger partial charge < -0.3 is 19.7 Å². The minimum absolute atomic E-state index is 0.135. The van der Waals surface area contributed by atoms with Crippen LogP contribution >= 0.6 is 11.6 Å². The fourth-order valence-corrected chi connectivity index (χ4v) is 3.15. The number of carbonyl (C=O) groups is 1. The molecule has 1 N–H and O–H groups in total. The van der Waals surface area contributed by atoms with Gasteiger partial charge >= 0.3 is 0 Å². The molecule has 0 spiro atoms. The molecule has 0 radical (unpaired) electrons. The maximum absolute atomic E-state index is 12.8. The first-order valence-electron chi connectivity index (χ1n) is 7.91. The summed E-state index contributed by atoms with van der Waals surface area (Å²) in [5.74, 6) is 0.849. The van der Waals surface area contributed by atoms with Gasteiger partial charge in [-0.2, -0.15) is 0 Å². The van der Waals surface area contributed by atoms with Crippen LogP contribution in [0.3, 0.4) is 0 Å². The van der Waals surface area contributed by atoms with Gasteiger partial charge in [0.1, 0.15) is 12.4 Å². The average molecular weight is 341 g/mol. The zero-order chi connectivity index (χ0) is 16.7. The van der Waals surface area contributed by atoms with Gasteiger partial charge in [0.05, 0.1) is 18.6 Å². The van der Waals surface area contributed by atoms with Gasteiger partial charge in [-0.05, 0) is 44.1 Å². The highest BCUT2D eigenvalue weighted by atomic mass is 35.5. The monoisotopic (exact) mass is 340 g/mol. The molecule has 1 fully saturated rings. The van der Waals surface area contributed by atoms with Crippen LogP contribution in [0.15, 0.2) is 24.3 Å². The number of hydrogen-bond acceptors (Lipinski definition) is 4. The summed E-state index contributed by atoms with van der Waals surface area (Å²) in [4.78, 5) is 14.6. The van der Waals surface area contributed by atoms with Gasteiger partial charge in [0.15, 0.2) is 0 Å². The zero-order valence-corrected chi connectivity index (χ0v) is 14.6. The highest BCUT2D eigenvalue weighted by Gasteiger charge is 2.41. The molecule has 1 aromatic rings. The van der Waals surface area contributed by atoms with Crippen molar-refractivity contribution in [3.05, 3.63) is 29.3 Å². The van der Waals surface area contributed by atoms with Crippen LogP contribution in [0.2, 0.25) is 5.02 Å². The molecule has 128 valence electrons. The second kappa shape index (κ2) is 8.52. The first-order valence-corrected chi connectivity index (χ1v) is 8.29. The van der Waals surface area contributed by atoms with Crippen molar-refractivity contribution in [3.63, 3.8) is 0 Å². The van der Waals surface area contributed by atoms with E-state index in [9.17, 15) is 4.79 Å². The van der Waals surface area contributed by atoms with E-state index in [0.29, 0.717) is 30.5 Å². The van der Waals surface area contributed by atoms with Crippen LogP contribution < -0.4 is 10.1 Å². The standard InChI is InChI=1S/C17H25ClN2O3/c1-20(10-11-23-15-5-3-4-14(18)12-15)16(21)17(13-22-2)6-8-19-9-7-17/h3-5,12,19H,6-11,13H2,1-2H3. The molecule has 1 amide bonds. The van der Waals surface area contributed by atoms with E-state index in [0.717, 1.165) is 25.9 Å². The van der Waals surface area contributed by atoms with Crippen LogP contribution in [0.25, 0.3) is 0 Å². The minimum Gasteiger partial charge on any atom is -0.492 e. The van der Waals surface area contributed by atoms with Crippen LogP contribution in [0.4, 0.5) is 0 Å². The summed E-state index contributed by atoms with van der Waals surface area (Å²) in [5, 5.41) is 3.94. The number of nitrogens with zero attached hydrogens (tertiary/aromatic N) is 1. The second-order valence-corrected chi connectivity index (χ2v) is 6.43. The van der Waals surface area contributed by atoms with Crippen LogP contribution in [-0.2, 0) is 9.53 Å². The number of carbonyl (C=O) groups excluding carboxylic acids is 1. The van der Waals surface area contributed by atoms with Crippen LogP contribution in [0.1, 0.15) is 12.8 Å². The Morgan fingerprint density at radius 1 is 1.39 bits per heavy atom. The number of benzene rings is 1. The SMILES string of the molecule is COCC1(C(=O)N(C)CCOc2cccc(Cl)c2)CCNCC1. The number of rotatable bonds is 7. The summed E-state index contributed by atoms with van der Waals surface area (Å²) in [6.07, 6.45) is 1.61. The van der Waals surface area contributed by atoms with Gasteiger partial charge in [0.2, 0.25) is 5.91 Å². The molecule has 23 heavy (non-hydrogen) atoms. The molecule has 1 aliphatic rings. The molecule has 1 heterocycles. The van der Waals surface area contributed by atoms with Gasteiger partial charge in [0, 0.05) is 19.2 Å². The fourth-order valence-electron chi connectivity index (χ4n) is 2.97. The van der Waals surface area contributed by atoms with Gasteiger partial charge in [-0.15, -0.1) is 0 Å².